The van der Waals surface area contributed by atoms with Gasteiger partial charge in [0.15, 0.2) is 8.32 Å². The van der Waals surface area contributed by atoms with E-state index >= 15 is 0 Å². The molecule has 1 unspecified atom stereocenters. The van der Waals surface area contributed by atoms with Gasteiger partial charge in [-0.25, -0.2) is 5.90 Å². The molecule has 0 saturated heterocycles. The molecule has 0 spiro atoms. The van der Waals surface area contributed by atoms with Gasteiger partial charge in [0.2, 0.25) is 0 Å². The van der Waals surface area contributed by atoms with Crippen LogP contribution in [-0.2, 0) is 22.9 Å². The normalized spacial score (nSPS) is 15.1. The van der Waals surface area contributed by atoms with Crippen LogP contribution in [-0.4, -0.2) is 40.4 Å². The van der Waals surface area contributed by atoms with Crippen LogP contribution in [0.4, 0.5) is 0 Å². The summed E-state index contributed by atoms with van der Waals surface area (Å²) in [6.45, 7) is 15.6. The Bertz CT molecular complexity index is 350. The predicted octanol–water partition coefficient (Wildman–Crippen LogP) is 3.92. The van der Waals surface area contributed by atoms with Crippen molar-refractivity contribution in [2.75, 3.05) is 26.0 Å². The zero-order valence-corrected chi connectivity index (χ0v) is 17.1. The van der Waals surface area contributed by atoms with Gasteiger partial charge in [0, 0.05) is 0 Å². The lowest BCUT2D eigenvalue weighted by Gasteiger charge is -2.37. The van der Waals surface area contributed by atoms with Gasteiger partial charge in [0.25, 0.3) is 0 Å². The maximum atomic E-state index is 12.4. The average molecular weight is 355 g/mol. The Hall–Kier alpha value is 0.247. The van der Waals surface area contributed by atoms with Crippen LogP contribution in [0, 0.1) is 0 Å². The summed E-state index contributed by atoms with van der Waals surface area (Å²) in [5.74, 6) is 5.35. The van der Waals surface area contributed by atoms with Crippen LogP contribution >= 0.6 is 7.60 Å². The van der Waals surface area contributed by atoms with Crippen LogP contribution < -0.4 is 5.90 Å². The zero-order valence-electron chi connectivity index (χ0n) is 15.2. The maximum absolute atomic E-state index is 12.4. The SMILES string of the molecule is CCOP(=O)(CCC(CO[Si](C)(C)C(C)(C)C)ON)OCC. The quantitative estimate of drug-likeness (QED) is 0.344. The lowest BCUT2D eigenvalue weighted by molar-refractivity contribution is 0.0132. The molecule has 0 aromatic rings. The van der Waals surface area contributed by atoms with E-state index in [0.29, 0.717) is 26.2 Å². The van der Waals surface area contributed by atoms with Crippen molar-refractivity contribution in [2.24, 2.45) is 5.90 Å². The first-order valence-electron chi connectivity index (χ1n) is 7.89. The highest BCUT2D eigenvalue weighted by Gasteiger charge is 2.38. The standard InChI is InChI=1S/C14H34NO5PSi/c1-8-17-21(16,18-9-2)11-10-13(20-15)12-19-22(6,7)14(3,4)5/h13H,8-12,15H2,1-7H3. The number of nitrogens with two attached hydrogens (primary N) is 1. The molecule has 134 valence electrons. The lowest BCUT2D eigenvalue weighted by Crippen LogP contribution is -2.43. The third kappa shape index (κ3) is 7.68. The van der Waals surface area contributed by atoms with Gasteiger partial charge in [-0.15, -0.1) is 0 Å². The average Bonchev–Trinajstić information content (AvgIpc) is 2.38. The van der Waals surface area contributed by atoms with E-state index in [9.17, 15) is 4.57 Å². The summed E-state index contributed by atoms with van der Waals surface area (Å²) in [6.07, 6.45) is 0.433. The molecule has 0 aliphatic rings. The summed E-state index contributed by atoms with van der Waals surface area (Å²) in [7, 11) is -4.92. The van der Waals surface area contributed by atoms with Crippen LogP contribution in [0.2, 0.25) is 18.1 Å². The van der Waals surface area contributed by atoms with Crippen molar-refractivity contribution in [3.05, 3.63) is 0 Å². The molecule has 22 heavy (non-hydrogen) atoms. The molecule has 8 heteroatoms. The van der Waals surface area contributed by atoms with Crippen molar-refractivity contribution in [3.8, 4) is 0 Å². The van der Waals surface area contributed by atoms with Crippen molar-refractivity contribution < 1.29 is 22.9 Å². The molecule has 0 saturated carbocycles. The van der Waals surface area contributed by atoms with Crippen molar-refractivity contribution in [2.45, 2.75) is 65.3 Å². The van der Waals surface area contributed by atoms with Gasteiger partial charge < -0.3 is 13.5 Å². The number of rotatable bonds is 11. The molecule has 0 rings (SSSR count). The molecule has 0 aliphatic heterocycles. The molecule has 1 atom stereocenters. The first-order valence-corrected chi connectivity index (χ1v) is 12.5. The van der Waals surface area contributed by atoms with Crippen molar-refractivity contribution in [1.82, 2.24) is 0 Å². The molecule has 0 radical (unpaired) electrons. The van der Waals surface area contributed by atoms with Gasteiger partial charge >= 0.3 is 7.60 Å². The predicted molar refractivity (Wildman–Crippen MR) is 92.6 cm³/mol. The summed E-state index contributed by atoms with van der Waals surface area (Å²) in [6, 6.07) is 0. The Labute approximate surface area is 136 Å². The van der Waals surface area contributed by atoms with Crippen LogP contribution in [0.5, 0.6) is 0 Å². The Morgan fingerprint density at radius 2 is 1.64 bits per heavy atom. The fraction of sp³-hybridized carbons (Fsp3) is 1.00. The fourth-order valence-electron chi connectivity index (χ4n) is 1.57. The Morgan fingerprint density at radius 1 is 1.14 bits per heavy atom. The van der Waals surface area contributed by atoms with Crippen molar-refractivity contribution in [1.29, 1.82) is 0 Å². The van der Waals surface area contributed by atoms with E-state index in [1.54, 1.807) is 13.8 Å². The molecule has 0 bridgehead atoms. The second-order valence-corrected chi connectivity index (χ2v) is 13.8. The van der Waals surface area contributed by atoms with Crippen LogP contribution in [0.1, 0.15) is 41.0 Å². The third-order valence-electron chi connectivity index (χ3n) is 4.01. The van der Waals surface area contributed by atoms with Gasteiger partial charge in [-0.2, -0.15) is 0 Å². The van der Waals surface area contributed by atoms with Gasteiger partial charge in [-0.05, 0) is 38.4 Å². The molecule has 0 heterocycles. The van der Waals surface area contributed by atoms with E-state index < -0.39 is 15.9 Å². The van der Waals surface area contributed by atoms with E-state index in [0.717, 1.165) is 0 Å². The number of hydrogen-bond acceptors (Lipinski definition) is 6. The van der Waals surface area contributed by atoms with Gasteiger partial charge in [0.1, 0.15) is 6.10 Å². The Balaban J connectivity index is 4.52. The first-order chi connectivity index (χ1) is 10.0. The van der Waals surface area contributed by atoms with Crippen LogP contribution in [0.3, 0.4) is 0 Å². The van der Waals surface area contributed by atoms with Crippen molar-refractivity contribution in [3.63, 3.8) is 0 Å². The molecule has 0 aromatic heterocycles. The highest BCUT2D eigenvalue weighted by Crippen LogP contribution is 2.48. The van der Waals surface area contributed by atoms with Crippen LogP contribution in [0.25, 0.3) is 0 Å². The molecular formula is C14H34NO5PSi. The second kappa shape index (κ2) is 9.52. The molecule has 6 nitrogen and oxygen atoms in total. The first kappa shape index (κ1) is 22.2. The molecule has 0 fully saturated rings. The lowest BCUT2D eigenvalue weighted by atomic mass is 10.2. The second-order valence-electron chi connectivity index (χ2n) is 6.79. The fourth-order valence-corrected chi connectivity index (χ4v) is 4.33. The summed E-state index contributed by atoms with van der Waals surface area (Å²) in [5, 5.41) is 0.123. The maximum Gasteiger partial charge on any atom is 0.330 e. The minimum Gasteiger partial charge on any atom is -0.414 e. The summed E-state index contributed by atoms with van der Waals surface area (Å²) in [4.78, 5) is 4.98. The minimum absolute atomic E-state index is 0.123. The summed E-state index contributed by atoms with van der Waals surface area (Å²) < 4.78 is 29.1. The Kier molecular flexibility index (Phi) is 9.63. The van der Waals surface area contributed by atoms with E-state index in [4.69, 9.17) is 24.2 Å². The monoisotopic (exact) mass is 355 g/mol. The highest BCUT2D eigenvalue weighted by atomic mass is 31.2. The van der Waals surface area contributed by atoms with Crippen LogP contribution in [0.15, 0.2) is 0 Å². The molecular weight excluding hydrogens is 321 g/mol. The third-order valence-corrected chi connectivity index (χ3v) is 10.6. The van der Waals surface area contributed by atoms with Crippen molar-refractivity contribution >= 4 is 15.9 Å². The molecule has 0 amide bonds. The molecule has 0 aromatic carbocycles. The molecule has 2 N–H and O–H groups in total. The van der Waals surface area contributed by atoms with Gasteiger partial charge in [-0.3, -0.25) is 9.40 Å². The molecule has 0 aliphatic carbocycles. The van der Waals surface area contributed by atoms with E-state index in [1.807, 2.05) is 0 Å². The topological polar surface area (TPSA) is 80.0 Å². The van der Waals surface area contributed by atoms with E-state index in [1.165, 1.54) is 0 Å². The highest BCUT2D eigenvalue weighted by molar-refractivity contribution is 7.53. The Morgan fingerprint density at radius 3 is 2.00 bits per heavy atom. The van der Waals surface area contributed by atoms with Gasteiger partial charge in [-0.1, -0.05) is 20.8 Å². The van der Waals surface area contributed by atoms with E-state index in [2.05, 4.69) is 33.9 Å². The summed E-state index contributed by atoms with van der Waals surface area (Å²) in [5.41, 5.74) is 0. The minimum atomic E-state index is -3.06. The summed E-state index contributed by atoms with van der Waals surface area (Å²) >= 11 is 0. The number of hydrogen-bond donors (Lipinski definition) is 1. The van der Waals surface area contributed by atoms with Gasteiger partial charge in [0.05, 0.1) is 26.0 Å². The largest absolute Gasteiger partial charge is 0.414 e. The zero-order chi connectivity index (χ0) is 17.4. The smallest absolute Gasteiger partial charge is 0.330 e. The van der Waals surface area contributed by atoms with E-state index in [-0.39, 0.29) is 17.3 Å².